The predicted molar refractivity (Wildman–Crippen MR) is 124 cm³/mol. The fraction of sp³-hybridized carbons (Fsp3) is 0.500. The van der Waals surface area contributed by atoms with E-state index in [2.05, 4.69) is 24.8 Å². The number of nitrogens with zero attached hydrogens (tertiary/aromatic N) is 5. The number of aliphatic imine (C=N–C) groups is 1. The van der Waals surface area contributed by atoms with Crippen LogP contribution in [0.1, 0.15) is 24.3 Å². The van der Waals surface area contributed by atoms with E-state index < -0.39 is 0 Å². The van der Waals surface area contributed by atoms with Crippen LogP contribution in [0.2, 0.25) is 0 Å². The van der Waals surface area contributed by atoms with Gasteiger partial charge in [-0.15, -0.1) is 24.0 Å². The Morgan fingerprint density at radius 1 is 1.31 bits per heavy atom. The average molecular weight is 516 g/mol. The number of ether oxygens (including phenoxy) is 1. The molecule has 1 aromatic heterocycles. The molecule has 2 heterocycles. The second-order valence-electron chi connectivity index (χ2n) is 7.30. The minimum Gasteiger partial charge on any atom is -0.367 e. The van der Waals surface area contributed by atoms with Crippen LogP contribution < -0.4 is 10.2 Å². The molecular weight excluding hydrogens is 486 g/mol. The third kappa shape index (κ3) is 5.59. The standard InChI is InChI=1S/C20H29FN6O.HI/c1-14-12-27(13-18(28-14)15-6-8-16(21)9-7-15)19(22-2)23-10-17-11-24-20(25(3)4)26(17)5;/h6-9,11,14,18H,10,12-13H2,1-5H3,(H,22,23);1H. The van der Waals surface area contributed by atoms with E-state index in [1.165, 1.54) is 12.1 Å². The smallest absolute Gasteiger partial charge is 0.204 e. The van der Waals surface area contributed by atoms with Gasteiger partial charge in [0.1, 0.15) is 11.9 Å². The summed E-state index contributed by atoms with van der Waals surface area (Å²) in [6.45, 7) is 4.06. The number of hydrogen-bond acceptors (Lipinski definition) is 4. The van der Waals surface area contributed by atoms with Crippen LogP contribution in [0.15, 0.2) is 35.5 Å². The normalized spacial score (nSPS) is 19.7. The molecule has 0 aliphatic carbocycles. The molecule has 1 aromatic carbocycles. The monoisotopic (exact) mass is 516 g/mol. The summed E-state index contributed by atoms with van der Waals surface area (Å²) >= 11 is 0. The number of imidazole rings is 1. The van der Waals surface area contributed by atoms with E-state index in [1.54, 1.807) is 19.2 Å². The van der Waals surface area contributed by atoms with Gasteiger partial charge in [0.15, 0.2) is 5.96 Å². The summed E-state index contributed by atoms with van der Waals surface area (Å²) in [7, 11) is 7.74. The molecule has 0 amide bonds. The molecule has 29 heavy (non-hydrogen) atoms. The second-order valence-corrected chi connectivity index (χ2v) is 7.30. The number of anilines is 1. The lowest BCUT2D eigenvalue weighted by Crippen LogP contribution is -2.50. The number of benzene rings is 1. The summed E-state index contributed by atoms with van der Waals surface area (Å²) in [4.78, 5) is 13.1. The maximum atomic E-state index is 13.2. The number of hydrogen-bond donors (Lipinski definition) is 1. The highest BCUT2D eigenvalue weighted by Crippen LogP contribution is 2.25. The third-order valence-corrected chi connectivity index (χ3v) is 4.90. The fourth-order valence-electron chi connectivity index (χ4n) is 3.50. The molecule has 2 unspecified atom stereocenters. The van der Waals surface area contributed by atoms with Crippen molar-refractivity contribution in [2.75, 3.05) is 39.1 Å². The molecule has 0 bridgehead atoms. The van der Waals surface area contributed by atoms with Gasteiger partial charge in [0, 0.05) is 34.7 Å². The fourth-order valence-corrected chi connectivity index (χ4v) is 3.50. The molecular formula is C20H30FIN6O. The maximum absolute atomic E-state index is 13.2. The van der Waals surface area contributed by atoms with Crippen molar-refractivity contribution >= 4 is 35.9 Å². The van der Waals surface area contributed by atoms with Crippen molar-refractivity contribution in [2.45, 2.75) is 25.7 Å². The Morgan fingerprint density at radius 2 is 2.00 bits per heavy atom. The van der Waals surface area contributed by atoms with Crippen molar-refractivity contribution in [3.05, 3.63) is 47.5 Å². The van der Waals surface area contributed by atoms with Gasteiger partial charge < -0.3 is 24.4 Å². The van der Waals surface area contributed by atoms with E-state index in [0.29, 0.717) is 13.1 Å². The number of nitrogens with one attached hydrogen (secondary N) is 1. The molecule has 1 saturated heterocycles. The van der Waals surface area contributed by atoms with Gasteiger partial charge in [-0.1, -0.05) is 12.1 Å². The molecule has 160 valence electrons. The summed E-state index contributed by atoms with van der Waals surface area (Å²) < 4.78 is 21.4. The quantitative estimate of drug-likeness (QED) is 0.385. The first kappa shape index (κ1) is 23.4. The van der Waals surface area contributed by atoms with Crippen molar-refractivity contribution in [2.24, 2.45) is 12.0 Å². The molecule has 2 atom stereocenters. The maximum Gasteiger partial charge on any atom is 0.204 e. The Bertz CT molecular complexity index is 823. The van der Waals surface area contributed by atoms with Crippen molar-refractivity contribution in [3.8, 4) is 0 Å². The molecule has 1 fully saturated rings. The van der Waals surface area contributed by atoms with E-state index in [4.69, 9.17) is 4.74 Å². The van der Waals surface area contributed by atoms with Crippen LogP contribution in [0, 0.1) is 5.82 Å². The van der Waals surface area contributed by atoms with E-state index in [-0.39, 0.29) is 42.0 Å². The van der Waals surface area contributed by atoms with Crippen molar-refractivity contribution < 1.29 is 9.13 Å². The number of morpholine rings is 1. The molecule has 0 radical (unpaired) electrons. The van der Waals surface area contributed by atoms with Gasteiger partial charge in [0.2, 0.25) is 5.95 Å². The van der Waals surface area contributed by atoms with E-state index in [9.17, 15) is 4.39 Å². The van der Waals surface area contributed by atoms with Gasteiger partial charge in [0.25, 0.3) is 0 Å². The lowest BCUT2D eigenvalue weighted by atomic mass is 10.1. The highest BCUT2D eigenvalue weighted by Gasteiger charge is 2.28. The molecule has 3 rings (SSSR count). The minimum atomic E-state index is -0.241. The van der Waals surface area contributed by atoms with Crippen molar-refractivity contribution in [1.29, 1.82) is 0 Å². The zero-order chi connectivity index (χ0) is 20.3. The zero-order valence-corrected chi connectivity index (χ0v) is 19.9. The zero-order valence-electron chi connectivity index (χ0n) is 17.6. The molecule has 0 saturated carbocycles. The van der Waals surface area contributed by atoms with E-state index >= 15 is 0 Å². The first-order valence-electron chi connectivity index (χ1n) is 9.43. The highest BCUT2D eigenvalue weighted by molar-refractivity contribution is 14.0. The van der Waals surface area contributed by atoms with Crippen LogP contribution in [0.25, 0.3) is 0 Å². The summed E-state index contributed by atoms with van der Waals surface area (Å²) in [5, 5.41) is 3.43. The number of halogens is 2. The Kier molecular flexibility index (Phi) is 8.26. The minimum absolute atomic E-state index is 0. The van der Waals surface area contributed by atoms with Crippen molar-refractivity contribution in [3.63, 3.8) is 0 Å². The van der Waals surface area contributed by atoms with Crippen LogP contribution in [0.5, 0.6) is 0 Å². The molecule has 0 spiro atoms. The Hall–Kier alpha value is -1.88. The number of rotatable bonds is 4. The van der Waals surface area contributed by atoms with Gasteiger partial charge in [-0.2, -0.15) is 0 Å². The molecule has 7 nitrogen and oxygen atoms in total. The summed E-state index contributed by atoms with van der Waals surface area (Å²) in [5.74, 6) is 1.48. The predicted octanol–water partition coefficient (Wildman–Crippen LogP) is 2.78. The SMILES string of the molecule is CN=C(NCc1cnc(N(C)C)n1C)N1CC(C)OC(c2ccc(F)cc2)C1.I. The number of aromatic nitrogens is 2. The highest BCUT2D eigenvalue weighted by atomic mass is 127. The Labute approximate surface area is 189 Å². The average Bonchev–Trinajstić information content (AvgIpc) is 3.03. The van der Waals surface area contributed by atoms with Gasteiger partial charge in [-0.3, -0.25) is 4.99 Å². The first-order chi connectivity index (χ1) is 13.4. The van der Waals surface area contributed by atoms with Gasteiger partial charge >= 0.3 is 0 Å². The first-order valence-corrected chi connectivity index (χ1v) is 9.43. The largest absolute Gasteiger partial charge is 0.367 e. The molecule has 2 aromatic rings. The van der Waals surface area contributed by atoms with Crippen LogP contribution >= 0.6 is 24.0 Å². The molecule has 1 N–H and O–H groups in total. The van der Waals surface area contributed by atoms with Crippen LogP contribution in [-0.2, 0) is 18.3 Å². The Balaban J connectivity index is 0.00000300. The van der Waals surface area contributed by atoms with Gasteiger partial charge in [0.05, 0.1) is 31.1 Å². The van der Waals surface area contributed by atoms with E-state index in [0.717, 1.165) is 29.7 Å². The third-order valence-electron chi connectivity index (χ3n) is 4.90. The van der Waals surface area contributed by atoms with Gasteiger partial charge in [-0.25, -0.2) is 9.37 Å². The van der Waals surface area contributed by atoms with Crippen LogP contribution in [0.4, 0.5) is 10.3 Å². The summed E-state index contributed by atoms with van der Waals surface area (Å²) in [6.07, 6.45) is 1.79. The lowest BCUT2D eigenvalue weighted by molar-refractivity contribution is -0.0605. The second kappa shape index (κ2) is 10.2. The van der Waals surface area contributed by atoms with Crippen LogP contribution in [0.3, 0.4) is 0 Å². The van der Waals surface area contributed by atoms with E-state index in [1.807, 2.05) is 39.2 Å². The molecule has 9 heteroatoms. The molecule has 1 aliphatic rings. The Morgan fingerprint density at radius 3 is 2.59 bits per heavy atom. The number of guanidine groups is 1. The van der Waals surface area contributed by atoms with Crippen molar-refractivity contribution in [1.82, 2.24) is 19.8 Å². The summed E-state index contributed by atoms with van der Waals surface area (Å²) in [5.41, 5.74) is 2.04. The topological polar surface area (TPSA) is 57.9 Å². The lowest BCUT2D eigenvalue weighted by Gasteiger charge is -2.38. The summed E-state index contributed by atoms with van der Waals surface area (Å²) in [6, 6.07) is 6.51. The van der Waals surface area contributed by atoms with Gasteiger partial charge in [-0.05, 0) is 24.6 Å². The molecule has 1 aliphatic heterocycles. The van der Waals surface area contributed by atoms with Crippen LogP contribution in [-0.4, -0.2) is 60.7 Å².